The maximum atomic E-state index is 5.22. The van der Waals surface area contributed by atoms with Gasteiger partial charge >= 0.3 is 0 Å². The van der Waals surface area contributed by atoms with Crippen LogP contribution in [0.1, 0.15) is 64.6 Å². The second-order valence-corrected chi connectivity index (χ2v) is 6.36. The second kappa shape index (κ2) is 6.97. The van der Waals surface area contributed by atoms with Gasteiger partial charge in [0.25, 0.3) is 0 Å². The van der Waals surface area contributed by atoms with Crippen LogP contribution in [0.3, 0.4) is 0 Å². The van der Waals surface area contributed by atoms with Crippen molar-refractivity contribution >= 4 is 18.4 Å². The summed E-state index contributed by atoms with van der Waals surface area (Å²) in [5.41, 5.74) is 1.39. The highest BCUT2D eigenvalue weighted by Crippen LogP contribution is 2.38. The lowest BCUT2D eigenvalue weighted by Gasteiger charge is -2.06. The minimum Gasteiger partial charge on any atom is -0.250 e. The molecule has 1 atom stereocenters. The van der Waals surface area contributed by atoms with Crippen LogP contribution in [0.4, 0.5) is 0 Å². The molecule has 0 aromatic carbocycles. The van der Waals surface area contributed by atoms with Crippen LogP contribution in [-0.2, 0) is 0 Å². The summed E-state index contributed by atoms with van der Waals surface area (Å²) in [6, 6.07) is 0. The molecule has 110 valence electrons. The minimum atomic E-state index is 0.551. The highest BCUT2D eigenvalue weighted by atomic mass is 32.1. The van der Waals surface area contributed by atoms with Gasteiger partial charge in [0, 0.05) is 12.1 Å². The molecule has 0 spiro atoms. The number of allylic oxidation sites excluding steroid dienone is 2. The third kappa shape index (κ3) is 4.40. The standard InChI is InChI=1S/C15H24N4S/c1-11(2)5-4-6-12(3)9-10-16-19-14(13-7-8-13)17-18-15(19)20/h5,10,12-13H,4,6-9H2,1-3H3,(H,18,20)/b16-10-/t12-/m1/s1. The van der Waals surface area contributed by atoms with Gasteiger partial charge in [-0.2, -0.15) is 14.9 Å². The zero-order valence-corrected chi connectivity index (χ0v) is 13.4. The summed E-state index contributed by atoms with van der Waals surface area (Å²) in [5.74, 6) is 2.18. The van der Waals surface area contributed by atoms with Crippen molar-refractivity contribution in [2.24, 2.45) is 11.0 Å². The van der Waals surface area contributed by atoms with Gasteiger partial charge in [0.1, 0.15) is 0 Å². The lowest BCUT2D eigenvalue weighted by molar-refractivity contribution is 0.561. The Labute approximate surface area is 126 Å². The van der Waals surface area contributed by atoms with Gasteiger partial charge in [-0.15, -0.1) is 0 Å². The Hall–Kier alpha value is -1.23. The molecule has 0 radical (unpaired) electrons. The molecule has 5 heteroatoms. The molecule has 1 N–H and O–H groups in total. The fraction of sp³-hybridized carbons (Fsp3) is 0.667. The number of H-pyrrole nitrogens is 1. The summed E-state index contributed by atoms with van der Waals surface area (Å²) in [6.07, 6.45) is 10.0. The smallest absolute Gasteiger partial charge is 0.216 e. The largest absolute Gasteiger partial charge is 0.250 e. The van der Waals surface area contributed by atoms with E-state index in [0.29, 0.717) is 16.6 Å². The molecule has 1 fully saturated rings. The third-order valence-electron chi connectivity index (χ3n) is 3.53. The van der Waals surface area contributed by atoms with Crippen molar-refractivity contribution in [2.45, 2.75) is 58.8 Å². The van der Waals surface area contributed by atoms with Gasteiger partial charge in [-0.1, -0.05) is 18.6 Å². The van der Waals surface area contributed by atoms with E-state index in [2.05, 4.69) is 42.1 Å². The van der Waals surface area contributed by atoms with Crippen LogP contribution in [-0.4, -0.2) is 21.1 Å². The van der Waals surface area contributed by atoms with Crippen LogP contribution in [0.25, 0.3) is 0 Å². The lowest BCUT2D eigenvalue weighted by atomic mass is 10.0. The first-order valence-electron chi connectivity index (χ1n) is 7.41. The molecule has 1 aromatic rings. The molecular formula is C15H24N4S. The number of nitrogens with zero attached hydrogens (tertiary/aromatic N) is 3. The molecular weight excluding hydrogens is 268 g/mol. The van der Waals surface area contributed by atoms with Gasteiger partial charge in [0.2, 0.25) is 4.77 Å². The van der Waals surface area contributed by atoms with Crippen molar-refractivity contribution in [3.05, 3.63) is 22.2 Å². The Morgan fingerprint density at radius 1 is 1.55 bits per heavy atom. The van der Waals surface area contributed by atoms with Crippen molar-refractivity contribution in [2.75, 3.05) is 0 Å². The molecule has 1 heterocycles. The zero-order chi connectivity index (χ0) is 14.5. The Morgan fingerprint density at radius 3 is 2.95 bits per heavy atom. The molecule has 0 saturated heterocycles. The molecule has 0 aliphatic heterocycles. The van der Waals surface area contributed by atoms with Crippen LogP contribution >= 0.6 is 12.2 Å². The monoisotopic (exact) mass is 292 g/mol. The number of hydrogen-bond acceptors (Lipinski definition) is 3. The third-order valence-corrected chi connectivity index (χ3v) is 3.80. The Morgan fingerprint density at radius 2 is 2.30 bits per heavy atom. The maximum Gasteiger partial charge on any atom is 0.216 e. The van der Waals surface area contributed by atoms with Crippen LogP contribution in [0.5, 0.6) is 0 Å². The first-order valence-corrected chi connectivity index (χ1v) is 7.82. The van der Waals surface area contributed by atoms with Crippen molar-refractivity contribution in [3.8, 4) is 0 Å². The first-order chi connectivity index (χ1) is 9.58. The van der Waals surface area contributed by atoms with Gasteiger partial charge in [0.15, 0.2) is 5.82 Å². The van der Waals surface area contributed by atoms with Crippen LogP contribution in [0, 0.1) is 10.7 Å². The normalized spacial score (nSPS) is 16.6. The molecule has 0 unspecified atom stereocenters. The number of hydrogen-bond donors (Lipinski definition) is 1. The van der Waals surface area contributed by atoms with E-state index in [0.717, 1.165) is 18.7 Å². The first kappa shape index (κ1) is 15.2. The van der Waals surface area contributed by atoms with Gasteiger partial charge < -0.3 is 0 Å². The van der Waals surface area contributed by atoms with E-state index >= 15 is 0 Å². The molecule has 1 aliphatic rings. The van der Waals surface area contributed by atoms with Gasteiger partial charge in [0.05, 0.1) is 0 Å². The van der Waals surface area contributed by atoms with E-state index < -0.39 is 0 Å². The van der Waals surface area contributed by atoms with Gasteiger partial charge in [-0.25, -0.2) is 0 Å². The van der Waals surface area contributed by atoms with Crippen molar-refractivity contribution in [3.63, 3.8) is 0 Å². The molecule has 20 heavy (non-hydrogen) atoms. The van der Waals surface area contributed by atoms with E-state index in [1.807, 2.05) is 6.21 Å². The van der Waals surface area contributed by atoms with E-state index in [9.17, 15) is 0 Å². The summed E-state index contributed by atoms with van der Waals surface area (Å²) < 4.78 is 2.39. The summed E-state index contributed by atoms with van der Waals surface area (Å²) in [7, 11) is 0. The molecule has 0 bridgehead atoms. The molecule has 2 rings (SSSR count). The maximum absolute atomic E-state index is 5.22. The summed E-state index contributed by atoms with van der Waals surface area (Å²) in [4.78, 5) is 0. The number of rotatable bonds is 7. The Bertz CT molecular complexity index is 544. The minimum absolute atomic E-state index is 0.551. The van der Waals surface area contributed by atoms with E-state index in [1.165, 1.54) is 24.8 Å². The van der Waals surface area contributed by atoms with Crippen molar-refractivity contribution < 1.29 is 0 Å². The van der Waals surface area contributed by atoms with Crippen LogP contribution < -0.4 is 0 Å². The summed E-state index contributed by atoms with van der Waals surface area (Å²) in [5, 5.41) is 11.6. The molecule has 0 amide bonds. The van der Waals surface area contributed by atoms with Crippen LogP contribution in [0.15, 0.2) is 16.8 Å². The molecule has 1 saturated carbocycles. The predicted octanol–water partition coefficient (Wildman–Crippen LogP) is 4.42. The fourth-order valence-corrected chi connectivity index (χ4v) is 2.29. The quantitative estimate of drug-likeness (QED) is 0.459. The summed E-state index contributed by atoms with van der Waals surface area (Å²) in [6.45, 7) is 6.56. The molecule has 1 aliphatic carbocycles. The SMILES string of the molecule is CC(C)=CCC[C@@H](C)C/C=N\n1c(C2CC2)n[nH]c1=S. The number of aromatic nitrogens is 3. The second-order valence-electron chi connectivity index (χ2n) is 5.97. The number of nitrogens with one attached hydrogen (secondary N) is 1. The van der Waals surface area contributed by atoms with Crippen molar-refractivity contribution in [1.82, 2.24) is 14.9 Å². The van der Waals surface area contributed by atoms with Crippen LogP contribution in [0.2, 0.25) is 0 Å². The Balaban J connectivity index is 1.85. The van der Waals surface area contributed by atoms with Crippen molar-refractivity contribution in [1.29, 1.82) is 0 Å². The molecule has 1 aromatic heterocycles. The predicted molar refractivity (Wildman–Crippen MR) is 85.7 cm³/mol. The highest BCUT2D eigenvalue weighted by molar-refractivity contribution is 7.71. The average molecular weight is 292 g/mol. The van der Waals surface area contributed by atoms with E-state index in [1.54, 1.807) is 4.68 Å². The van der Waals surface area contributed by atoms with E-state index in [4.69, 9.17) is 12.2 Å². The molecule has 4 nitrogen and oxygen atoms in total. The zero-order valence-electron chi connectivity index (χ0n) is 12.6. The summed E-state index contributed by atoms with van der Waals surface area (Å²) >= 11 is 5.22. The lowest BCUT2D eigenvalue weighted by Crippen LogP contribution is -1.99. The average Bonchev–Trinajstić information content (AvgIpc) is 3.15. The van der Waals surface area contributed by atoms with Gasteiger partial charge in [-0.05, 0) is 64.1 Å². The highest BCUT2D eigenvalue weighted by Gasteiger charge is 2.29. The number of aromatic amines is 1. The topological polar surface area (TPSA) is 46.0 Å². The van der Waals surface area contributed by atoms with Gasteiger partial charge in [-0.3, -0.25) is 5.10 Å². The Kier molecular flexibility index (Phi) is 5.29. The fourth-order valence-electron chi connectivity index (χ4n) is 2.10. The van der Waals surface area contributed by atoms with E-state index in [-0.39, 0.29) is 0 Å².